The summed E-state index contributed by atoms with van der Waals surface area (Å²) in [7, 11) is 3.26. The molecule has 0 radical (unpaired) electrons. The Balaban J connectivity index is 1.47. The second-order valence-electron chi connectivity index (χ2n) is 6.95. The Bertz CT molecular complexity index is 1050. The molecule has 0 N–H and O–H groups in total. The van der Waals surface area contributed by atoms with Gasteiger partial charge in [0, 0.05) is 4.47 Å². The minimum absolute atomic E-state index is 0.0943. The van der Waals surface area contributed by atoms with Gasteiger partial charge in [-0.05, 0) is 46.5 Å². The van der Waals surface area contributed by atoms with Crippen molar-refractivity contribution in [2.45, 2.75) is 19.3 Å². The molecule has 3 aromatic rings. The highest BCUT2D eigenvalue weighted by molar-refractivity contribution is 9.10. The van der Waals surface area contributed by atoms with E-state index < -0.39 is 0 Å². The molecule has 154 valence electrons. The van der Waals surface area contributed by atoms with Crippen LogP contribution in [0.1, 0.15) is 28.4 Å². The first-order chi connectivity index (χ1) is 14.7. The molecule has 0 aliphatic carbocycles. The molecule has 0 saturated heterocycles. The number of fused-ring (bicyclic) bond motifs is 1. The van der Waals surface area contributed by atoms with Crippen molar-refractivity contribution >= 4 is 22.0 Å². The van der Waals surface area contributed by atoms with Crippen molar-refractivity contribution in [1.82, 2.24) is 0 Å². The van der Waals surface area contributed by atoms with Crippen LogP contribution in [0, 0.1) is 0 Å². The van der Waals surface area contributed by atoms with Crippen LogP contribution in [0.2, 0.25) is 0 Å². The Kier molecular flexibility index (Phi) is 6.41. The second-order valence-corrected chi connectivity index (χ2v) is 7.81. The van der Waals surface area contributed by atoms with E-state index in [1.807, 2.05) is 42.5 Å². The van der Waals surface area contributed by atoms with Crippen LogP contribution in [0.15, 0.2) is 71.2 Å². The molecule has 0 spiro atoms. The summed E-state index contributed by atoms with van der Waals surface area (Å²) < 4.78 is 23.6. The van der Waals surface area contributed by atoms with E-state index in [-0.39, 0.29) is 6.10 Å². The van der Waals surface area contributed by atoms with Gasteiger partial charge >= 0.3 is 0 Å². The van der Waals surface area contributed by atoms with Gasteiger partial charge in [-0.3, -0.25) is 0 Å². The lowest BCUT2D eigenvalue weighted by atomic mass is 10.0. The quantitative estimate of drug-likeness (QED) is 0.407. The Morgan fingerprint density at radius 1 is 1.00 bits per heavy atom. The fourth-order valence-electron chi connectivity index (χ4n) is 3.43. The fraction of sp³-hybridized carbons (Fsp3) is 0.200. The monoisotopic (exact) mass is 466 g/mol. The van der Waals surface area contributed by atoms with Gasteiger partial charge in [0.15, 0.2) is 11.5 Å². The number of ether oxygens (including phenoxy) is 4. The predicted octanol–water partition coefficient (Wildman–Crippen LogP) is 6.33. The summed E-state index contributed by atoms with van der Waals surface area (Å²) >= 11 is 3.59. The Labute approximate surface area is 185 Å². The zero-order valence-corrected chi connectivity index (χ0v) is 18.5. The first-order valence-electron chi connectivity index (χ1n) is 9.69. The molecule has 0 saturated carbocycles. The molecule has 5 heteroatoms. The number of rotatable bonds is 7. The van der Waals surface area contributed by atoms with Crippen molar-refractivity contribution in [2.75, 3.05) is 14.2 Å². The van der Waals surface area contributed by atoms with E-state index in [1.165, 1.54) is 0 Å². The fourth-order valence-corrected chi connectivity index (χ4v) is 3.89. The smallest absolute Gasteiger partial charge is 0.161 e. The number of benzene rings is 3. The predicted molar refractivity (Wildman–Crippen MR) is 121 cm³/mol. The summed E-state index contributed by atoms with van der Waals surface area (Å²) in [4.78, 5) is 0. The Morgan fingerprint density at radius 2 is 1.77 bits per heavy atom. The highest BCUT2D eigenvalue weighted by atomic mass is 79.9. The van der Waals surface area contributed by atoms with Gasteiger partial charge in [-0.1, -0.05) is 64.5 Å². The third kappa shape index (κ3) is 4.53. The standard InChI is InChI=1S/C25H23BrO4/c1-27-24-13-18(22(26)14-25(24)28-2)8-11-23-21-10-9-20(12-19(21)16-30-23)29-15-17-6-4-3-5-7-17/h3-14,23H,15-16H2,1-2H3/b11-8+. The van der Waals surface area contributed by atoms with E-state index in [2.05, 4.69) is 46.3 Å². The zero-order valence-electron chi connectivity index (χ0n) is 16.9. The lowest BCUT2D eigenvalue weighted by Gasteiger charge is -2.11. The molecule has 1 aliphatic rings. The zero-order chi connectivity index (χ0) is 20.9. The van der Waals surface area contributed by atoms with E-state index in [9.17, 15) is 0 Å². The van der Waals surface area contributed by atoms with E-state index in [1.54, 1.807) is 14.2 Å². The second kappa shape index (κ2) is 9.37. The van der Waals surface area contributed by atoms with Crippen LogP contribution in [0.3, 0.4) is 0 Å². The average molecular weight is 467 g/mol. The van der Waals surface area contributed by atoms with Crippen LogP contribution in [-0.2, 0) is 18.0 Å². The highest BCUT2D eigenvalue weighted by Gasteiger charge is 2.21. The molecule has 0 fully saturated rings. The highest BCUT2D eigenvalue weighted by Crippen LogP contribution is 2.37. The maximum Gasteiger partial charge on any atom is 0.161 e. The van der Waals surface area contributed by atoms with Crippen LogP contribution in [0.25, 0.3) is 6.08 Å². The van der Waals surface area contributed by atoms with Crippen molar-refractivity contribution in [2.24, 2.45) is 0 Å². The molecule has 4 nitrogen and oxygen atoms in total. The maximum absolute atomic E-state index is 5.99. The minimum Gasteiger partial charge on any atom is -0.493 e. The van der Waals surface area contributed by atoms with E-state index in [4.69, 9.17) is 18.9 Å². The molecule has 1 heterocycles. The summed E-state index contributed by atoms with van der Waals surface area (Å²) in [5.74, 6) is 2.23. The molecule has 0 aromatic heterocycles. The van der Waals surface area contributed by atoms with E-state index in [0.29, 0.717) is 24.7 Å². The first-order valence-corrected chi connectivity index (χ1v) is 10.5. The van der Waals surface area contributed by atoms with Crippen LogP contribution in [0.5, 0.6) is 17.2 Å². The molecule has 1 atom stereocenters. The molecule has 3 aromatic carbocycles. The molecule has 4 rings (SSSR count). The molecule has 0 amide bonds. The molecular formula is C25H23BrO4. The molecule has 1 unspecified atom stereocenters. The van der Waals surface area contributed by atoms with E-state index in [0.717, 1.165) is 32.5 Å². The van der Waals surface area contributed by atoms with Gasteiger partial charge in [-0.15, -0.1) is 0 Å². The number of methoxy groups -OCH3 is 2. The Morgan fingerprint density at radius 3 is 2.53 bits per heavy atom. The van der Waals surface area contributed by atoms with Crippen molar-refractivity contribution in [3.05, 3.63) is 93.5 Å². The third-order valence-electron chi connectivity index (χ3n) is 5.04. The maximum atomic E-state index is 5.99. The summed E-state index contributed by atoms with van der Waals surface area (Å²) in [6.45, 7) is 1.12. The van der Waals surface area contributed by atoms with E-state index >= 15 is 0 Å². The lowest BCUT2D eigenvalue weighted by Crippen LogP contribution is -1.96. The van der Waals surface area contributed by atoms with Crippen molar-refractivity contribution in [3.8, 4) is 17.2 Å². The molecule has 30 heavy (non-hydrogen) atoms. The molecular weight excluding hydrogens is 444 g/mol. The van der Waals surface area contributed by atoms with Gasteiger partial charge < -0.3 is 18.9 Å². The van der Waals surface area contributed by atoms with Crippen LogP contribution in [0.4, 0.5) is 0 Å². The normalized spacial score (nSPS) is 15.2. The van der Waals surface area contributed by atoms with Crippen LogP contribution >= 0.6 is 15.9 Å². The van der Waals surface area contributed by atoms with Crippen LogP contribution in [-0.4, -0.2) is 14.2 Å². The number of hydrogen-bond donors (Lipinski definition) is 0. The van der Waals surface area contributed by atoms with Gasteiger partial charge in [-0.2, -0.15) is 0 Å². The summed E-state index contributed by atoms with van der Waals surface area (Å²) in [5, 5.41) is 0. The number of halogens is 1. The average Bonchev–Trinajstić information content (AvgIpc) is 3.19. The largest absolute Gasteiger partial charge is 0.493 e. The lowest BCUT2D eigenvalue weighted by molar-refractivity contribution is 0.0996. The first kappa shape index (κ1) is 20.5. The van der Waals surface area contributed by atoms with Gasteiger partial charge in [0.1, 0.15) is 18.5 Å². The summed E-state index contributed by atoms with van der Waals surface area (Å²) in [5.41, 5.74) is 4.46. The van der Waals surface area contributed by atoms with Crippen molar-refractivity contribution < 1.29 is 18.9 Å². The Hall–Kier alpha value is -2.76. The minimum atomic E-state index is -0.0943. The molecule has 0 bridgehead atoms. The van der Waals surface area contributed by atoms with Crippen molar-refractivity contribution in [3.63, 3.8) is 0 Å². The topological polar surface area (TPSA) is 36.9 Å². The van der Waals surface area contributed by atoms with Gasteiger partial charge in [0.05, 0.1) is 20.8 Å². The third-order valence-corrected chi connectivity index (χ3v) is 5.73. The van der Waals surface area contributed by atoms with Crippen molar-refractivity contribution in [1.29, 1.82) is 0 Å². The van der Waals surface area contributed by atoms with Gasteiger partial charge in [-0.25, -0.2) is 0 Å². The number of hydrogen-bond acceptors (Lipinski definition) is 4. The summed E-state index contributed by atoms with van der Waals surface area (Å²) in [6.07, 6.45) is 4.00. The molecule has 1 aliphatic heterocycles. The SMILES string of the molecule is COc1cc(Br)c(/C=C/C2OCc3cc(OCc4ccccc4)ccc32)cc1OC. The van der Waals surface area contributed by atoms with Crippen LogP contribution < -0.4 is 14.2 Å². The van der Waals surface area contributed by atoms with Gasteiger partial charge in [0.2, 0.25) is 0 Å². The van der Waals surface area contributed by atoms with Gasteiger partial charge in [0.25, 0.3) is 0 Å². The summed E-state index contributed by atoms with van der Waals surface area (Å²) in [6, 6.07) is 20.2.